The van der Waals surface area contributed by atoms with Gasteiger partial charge < -0.3 is 10.1 Å². The van der Waals surface area contributed by atoms with E-state index in [1.165, 1.54) is 16.9 Å². The minimum Gasteiger partial charge on any atom is -0.497 e. The summed E-state index contributed by atoms with van der Waals surface area (Å²) in [6.07, 6.45) is 4.08. The maximum absolute atomic E-state index is 11.4. The highest BCUT2D eigenvalue weighted by atomic mass is 32.2. The zero-order valence-corrected chi connectivity index (χ0v) is 14.0. The molecule has 1 N–H and O–H groups in total. The van der Waals surface area contributed by atoms with Crippen LogP contribution >= 0.6 is 11.8 Å². The third-order valence-corrected chi connectivity index (χ3v) is 5.60. The molecule has 0 amide bonds. The molecule has 0 radical (unpaired) electrons. The third kappa shape index (κ3) is 4.24. The van der Waals surface area contributed by atoms with Crippen LogP contribution in [0.1, 0.15) is 31.4 Å². The molecule has 2 rings (SSSR count). The number of benzene rings is 1. The smallest absolute Gasteiger partial charge is 0.119 e. The summed E-state index contributed by atoms with van der Waals surface area (Å²) in [5, 5.41) is 3.64. The first-order valence-electron chi connectivity index (χ1n) is 6.97. The topological polar surface area (TPSA) is 38.3 Å². The molecule has 1 aromatic carbocycles. The summed E-state index contributed by atoms with van der Waals surface area (Å²) in [5.41, 5.74) is 1.32. The van der Waals surface area contributed by atoms with Gasteiger partial charge >= 0.3 is 0 Å². The molecule has 0 bridgehead atoms. The van der Waals surface area contributed by atoms with Crippen molar-refractivity contribution in [1.82, 2.24) is 5.32 Å². The van der Waals surface area contributed by atoms with E-state index in [4.69, 9.17) is 4.74 Å². The molecule has 1 aromatic rings. The summed E-state index contributed by atoms with van der Waals surface area (Å²) in [6, 6.07) is 6.91. The van der Waals surface area contributed by atoms with Gasteiger partial charge in [-0.1, -0.05) is 0 Å². The highest BCUT2D eigenvalue weighted by molar-refractivity contribution is 7.99. The molecule has 0 fully saturated rings. The molecule has 0 unspecified atom stereocenters. The van der Waals surface area contributed by atoms with Crippen LogP contribution in [0.3, 0.4) is 0 Å². The van der Waals surface area contributed by atoms with Gasteiger partial charge in [0.25, 0.3) is 0 Å². The predicted molar refractivity (Wildman–Crippen MR) is 87.2 cm³/mol. The van der Waals surface area contributed by atoms with Gasteiger partial charge in [-0.15, -0.1) is 11.8 Å². The van der Waals surface area contributed by atoms with Gasteiger partial charge in [0.15, 0.2) is 0 Å². The molecule has 112 valence electrons. The Morgan fingerprint density at radius 2 is 2.35 bits per heavy atom. The number of hydrogen-bond donors (Lipinski definition) is 1. The Balaban J connectivity index is 2.19. The molecular formula is C15H23NO2S2. The molecule has 0 aliphatic carbocycles. The Morgan fingerprint density at radius 1 is 1.55 bits per heavy atom. The average Bonchev–Trinajstić information content (AvgIpc) is 2.60. The van der Waals surface area contributed by atoms with E-state index in [9.17, 15) is 4.21 Å². The van der Waals surface area contributed by atoms with E-state index in [-0.39, 0.29) is 6.04 Å². The molecule has 0 aromatic heterocycles. The van der Waals surface area contributed by atoms with Gasteiger partial charge in [-0.25, -0.2) is 0 Å². The molecule has 20 heavy (non-hydrogen) atoms. The summed E-state index contributed by atoms with van der Waals surface area (Å²) in [5.74, 6) is 2.76. The Bertz CT molecular complexity index is 479. The van der Waals surface area contributed by atoms with Crippen molar-refractivity contribution in [1.29, 1.82) is 0 Å². The zero-order chi connectivity index (χ0) is 14.5. The number of fused-ring (bicyclic) bond motifs is 1. The summed E-state index contributed by atoms with van der Waals surface area (Å²) in [4.78, 5) is 1.34. The molecule has 3 nitrogen and oxygen atoms in total. The van der Waals surface area contributed by atoms with Gasteiger partial charge in [0, 0.05) is 39.8 Å². The molecule has 3 atom stereocenters. The van der Waals surface area contributed by atoms with Crippen LogP contribution in [0.15, 0.2) is 23.1 Å². The molecule has 1 aliphatic rings. The normalized spacial score (nSPS) is 21.6. The minimum atomic E-state index is -0.761. The van der Waals surface area contributed by atoms with Gasteiger partial charge in [0.1, 0.15) is 5.75 Å². The van der Waals surface area contributed by atoms with E-state index in [1.807, 2.05) is 17.8 Å². The fraction of sp³-hybridized carbons (Fsp3) is 0.600. The summed E-state index contributed by atoms with van der Waals surface area (Å²) in [6.45, 7) is 2.11. The van der Waals surface area contributed by atoms with Crippen LogP contribution < -0.4 is 10.1 Å². The number of rotatable bonds is 5. The van der Waals surface area contributed by atoms with Crippen LogP contribution in [-0.2, 0) is 10.8 Å². The lowest BCUT2D eigenvalue weighted by atomic mass is 10.0. The Morgan fingerprint density at radius 3 is 3.05 bits per heavy atom. The maximum Gasteiger partial charge on any atom is 0.119 e. The first-order valence-corrected chi connectivity index (χ1v) is 9.68. The lowest BCUT2D eigenvalue weighted by Crippen LogP contribution is -2.34. The molecular weight excluding hydrogens is 290 g/mol. The van der Waals surface area contributed by atoms with Crippen LogP contribution in [0.5, 0.6) is 5.75 Å². The second-order valence-corrected chi connectivity index (χ2v) is 7.87. The van der Waals surface area contributed by atoms with Crippen molar-refractivity contribution >= 4 is 22.6 Å². The third-order valence-electron chi connectivity index (χ3n) is 3.46. The highest BCUT2D eigenvalue weighted by Gasteiger charge is 2.21. The molecule has 1 aliphatic heterocycles. The largest absolute Gasteiger partial charge is 0.497 e. The summed E-state index contributed by atoms with van der Waals surface area (Å²) in [7, 11) is 0.945. The van der Waals surface area contributed by atoms with Crippen molar-refractivity contribution in [2.75, 3.05) is 24.9 Å². The van der Waals surface area contributed by atoms with E-state index in [0.29, 0.717) is 11.8 Å². The predicted octanol–water partition coefficient (Wildman–Crippen LogP) is 2.98. The lowest BCUT2D eigenvalue weighted by Gasteiger charge is -2.23. The Hall–Kier alpha value is -0.520. The Labute approximate surface area is 128 Å². The van der Waals surface area contributed by atoms with Crippen molar-refractivity contribution in [3.63, 3.8) is 0 Å². The fourth-order valence-electron chi connectivity index (χ4n) is 2.60. The van der Waals surface area contributed by atoms with Crippen molar-refractivity contribution in [2.24, 2.45) is 0 Å². The molecule has 0 spiro atoms. The van der Waals surface area contributed by atoms with E-state index in [2.05, 4.69) is 24.4 Å². The highest BCUT2D eigenvalue weighted by Crippen LogP contribution is 2.37. The SMILES string of the molecule is COc1ccc2c(c1)[C@H](N[C@@H](C)C[S@](C)=O)CCCS2. The van der Waals surface area contributed by atoms with E-state index >= 15 is 0 Å². The van der Waals surface area contributed by atoms with Crippen molar-refractivity contribution < 1.29 is 8.95 Å². The zero-order valence-electron chi connectivity index (χ0n) is 12.3. The van der Waals surface area contributed by atoms with Gasteiger partial charge in [-0.3, -0.25) is 4.21 Å². The summed E-state index contributed by atoms with van der Waals surface area (Å²) < 4.78 is 16.7. The van der Waals surface area contributed by atoms with E-state index < -0.39 is 10.8 Å². The molecule has 1 heterocycles. The van der Waals surface area contributed by atoms with Crippen LogP contribution in [0.25, 0.3) is 0 Å². The quantitative estimate of drug-likeness (QED) is 0.907. The number of thioether (sulfide) groups is 1. The van der Waals surface area contributed by atoms with Gasteiger partial charge in [-0.2, -0.15) is 0 Å². The Kier molecular flexibility index (Phi) is 5.93. The number of methoxy groups -OCH3 is 1. The first-order chi connectivity index (χ1) is 9.60. The van der Waals surface area contributed by atoms with Crippen LogP contribution in [-0.4, -0.2) is 35.1 Å². The first kappa shape index (κ1) is 15.9. The van der Waals surface area contributed by atoms with Crippen molar-refractivity contribution in [3.05, 3.63) is 23.8 Å². The number of ether oxygens (including phenoxy) is 1. The minimum absolute atomic E-state index is 0.257. The second kappa shape index (κ2) is 7.48. The van der Waals surface area contributed by atoms with Crippen LogP contribution in [0.2, 0.25) is 0 Å². The standard InChI is InChI=1S/C15H23NO2S2/c1-11(10-20(3)17)16-14-5-4-8-19-15-7-6-12(18-2)9-13(14)15/h6-7,9,11,14,16H,4-5,8,10H2,1-3H3/t11-,14+,20-/m0/s1. The molecule has 0 saturated carbocycles. The van der Waals surface area contributed by atoms with E-state index in [1.54, 1.807) is 13.4 Å². The fourth-order valence-corrected chi connectivity index (χ4v) is 4.46. The lowest BCUT2D eigenvalue weighted by molar-refractivity contribution is 0.409. The van der Waals surface area contributed by atoms with Crippen molar-refractivity contribution in [3.8, 4) is 5.75 Å². The molecule has 5 heteroatoms. The van der Waals surface area contributed by atoms with Gasteiger partial charge in [-0.05, 0) is 49.3 Å². The van der Waals surface area contributed by atoms with E-state index in [0.717, 1.165) is 17.9 Å². The average molecular weight is 313 g/mol. The van der Waals surface area contributed by atoms with Crippen LogP contribution in [0, 0.1) is 0 Å². The second-order valence-electron chi connectivity index (χ2n) is 5.25. The number of hydrogen-bond acceptors (Lipinski definition) is 4. The number of nitrogens with one attached hydrogen (secondary N) is 1. The van der Waals surface area contributed by atoms with Crippen LogP contribution in [0.4, 0.5) is 0 Å². The molecule has 0 saturated heterocycles. The maximum atomic E-state index is 11.4. The summed E-state index contributed by atoms with van der Waals surface area (Å²) >= 11 is 1.92. The monoisotopic (exact) mass is 313 g/mol. The van der Waals surface area contributed by atoms with Gasteiger partial charge in [0.2, 0.25) is 0 Å². The van der Waals surface area contributed by atoms with Gasteiger partial charge in [0.05, 0.1) is 7.11 Å². The van der Waals surface area contributed by atoms with Crippen molar-refractivity contribution in [2.45, 2.75) is 36.7 Å².